The number of carbonyl (C=O) groups is 1. The predicted octanol–water partition coefficient (Wildman–Crippen LogP) is 5.07. The first-order chi connectivity index (χ1) is 19.6. The highest BCUT2D eigenvalue weighted by molar-refractivity contribution is 5.98. The summed E-state index contributed by atoms with van der Waals surface area (Å²) in [5, 5.41) is 5.73. The normalized spacial score (nSPS) is 18.1. The maximum Gasteiger partial charge on any atom is 0.250 e. The molecule has 0 aliphatic carbocycles. The van der Waals surface area contributed by atoms with Gasteiger partial charge in [0.15, 0.2) is 5.65 Å². The zero-order valence-electron chi connectivity index (χ0n) is 22.7. The molecule has 2 N–H and O–H groups in total. The molecular formula is C31H35N7O2. The Labute approximate surface area is 234 Å². The van der Waals surface area contributed by atoms with Crippen LogP contribution in [-0.2, 0) is 4.79 Å². The van der Waals surface area contributed by atoms with E-state index < -0.39 is 0 Å². The summed E-state index contributed by atoms with van der Waals surface area (Å²) in [6.45, 7) is 8.16. The molecular weight excluding hydrogens is 502 g/mol. The second-order valence-corrected chi connectivity index (χ2v) is 10.7. The smallest absolute Gasteiger partial charge is 0.250 e. The molecule has 1 amide bonds. The van der Waals surface area contributed by atoms with Gasteiger partial charge in [-0.1, -0.05) is 31.2 Å². The minimum absolute atomic E-state index is 0.0216. The molecule has 2 aromatic carbocycles. The topological polar surface area (TPSA) is 102 Å². The van der Waals surface area contributed by atoms with Crippen LogP contribution >= 0.6 is 0 Å². The molecule has 9 heteroatoms. The first-order valence-corrected chi connectivity index (χ1v) is 14.1. The molecule has 4 aromatic rings. The highest BCUT2D eigenvalue weighted by Crippen LogP contribution is 2.35. The molecule has 0 bridgehead atoms. The van der Waals surface area contributed by atoms with Crippen LogP contribution in [0.15, 0.2) is 73.1 Å². The molecule has 2 aliphatic rings. The predicted molar refractivity (Wildman–Crippen MR) is 156 cm³/mol. The van der Waals surface area contributed by atoms with Crippen molar-refractivity contribution in [2.45, 2.75) is 38.1 Å². The molecule has 2 saturated heterocycles. The van der Waals surface area contributed by atoms with Crippen molar-refractivity contribution in [3.05, 3.63) is 73.1 Å². The van der Waals surface area contributed by atoms with Crippen molar-refractivity contribution in [3.63, 3.8) is 0 Å². The summed E-state index contributed by atoms with van der Waals surface area (Å²) < 4.78 is 7.89. The Kier molecular flexibility index (Phi) is 7.46. The number of benzene rings is 2. The molecule has 6 rings (SSSR count). The van der Waals surface area contributed by atoms with Crippen LogP contribution in [0.5, 0.6) is 11.5 Å². The van der Waals surface area contributed by atoms with Gasteiger partial charge in [0.05, 0.1) is 11.4 Å². The monoisotopic (exact) mass is 537 g/mol. The van der Waals surface area contributed by atoms with Crippen molar-refractivity contribution in [2.75, 3.05) is 38.5 Å². The first kappa shape index (κ1) is 26.0. The minimum Gasteiger partial charge on any atom is -0.457 e. The van der Waals surface area contributed by atoms with Gasteiger partial charge >= 0.3 is 0 Å². The number of fused-ring (bicyclic) bond motifs is 1. The van der Waals surface area contributed by atoms with E-state index >= 15 is 0 Å². The number of hydrogen-bond acceptors (Lipinski definition) is 7. The lowest BCUT2D eigenvalue weighted by atomic mass is 10.0. The summed E-state index contributed by atoms with van der Waals surface area (Å²) in [6, 6.07) is 17.4. The summed E-state index contributed by atoms with van der Waals surface area (Å²) in [5.74, 6) is 1.93. The summed E-state index contributed by atoms with van der Waals surface area (Å²) in [4.78, 5) is 26.5. The van der Waals surface area contributed by atoms with E-state index in [2.05, 4.69) is 21.4 Å². The molecule has 0 spiro atoms. The molecule has 0 radical (unpaired) electrons. The summed E-state index contributed by atoms with van der Waals surface area (Å²) in [6.07, 6.45) is 6.90. The number of nitrogens with zero attached hydrogens (tertiary/aromatic N) is 6. The SMILES string of the molecule is C=C(CN1CCCCC1)C(=O)N1CCCC(n2nc(-c3ccc(Oc4ccccc4)cc3)c3c(N)ncnc32)C1. The standard InChI is InChI=1S/C31H35N7O2/c1-22(19-36-16-6-3-7-17-36)31(39)37-18-8-9-24(20-37)38-30-27(29(32)33-21-34-30)28(35-38)23-12-14-26(15-13-23)40-25-10-4-2-5-11-25/h2,4-5,10-15,21,24H,1,3,6-9,16-20H2,(H2,32,33,34). The minimum atomic E-state index is -0.0216. The van der Waals surface area contributed by atoms with E-state index in [4.69, 9.17) is 15.6 Å². The van der Waals surface area contributed by atoms with E-state index in [0.29, 0.717) is 30.1 Å². The lowest BCUT2D eigenvalue weighted by Crippen LogP contribution is -2.43. The Morgan fingerprint density at radius 2 is 1.70 bits per heavy atom. The van der Waals surface area contributed by atoms with E-state index in [9.17, 15) is 4.79 Å². The number of likely N-dealkylation sites (tertiary alicyclic amines) is 2. The highest BCUT2D eigenvalue weighted by atomic mass is 16.5. The Morgan fingerprint density at radius 3 is 2.48 bits per heavy atom. The van der Waals surface area contributed by atoms with Gasteiger partial charge in [-0.2, -0.15) is 5.10 Å². The maximum atomic E-state index is 13.4. The lowest BCUT2D eigenvalue weighted by Gasteiger charge is -2.34. The molecule has 9 nitrogen and oxygen atoms in total. The van der Waals surface area contributed by atoms with Crippen LogP contribution in [0.25, 0.3) is 22.3 Å². The van der Waals surface area contributed by atoms with E-state index in [1.54, 1.807) is 0 Å². The molecule has 2 aromatic heterocycles. The number of amides is 1. The fraction of sp³-hybridized carbons (Fsp3) is 0.355. The average molecular weight is 538 g/mol. The zero-order valence-corrected chi connectivity index (χ0v) is 22.7. The van der Waals surface area contributed by atoms with Gasteiger partial charge in [-0.3, -0.25) is 9.69 Å². The summed E-state index contributed by atoms with van der Waals surface area (Å²) in [7, 11) is 0. The average Bonchev–Trinajstić information content (AvgIpc) is 3.39. The van der Waals surface area contributed by atoms with Gasteiger partial charge < -0.3 is 15.4 Å². The molecule has 206 valence electrons. The Hall–Kier alpha value is -4.24. The van der Waals surface area contributed by atoms with Crippen molar-refractivity contribution in [2.24, 2.45) is 0 Å². The van der Waals surface area contributed by atoms with Crippen LogP contribution < -0.4 is 10.5 Å². The van der Waals surface area contributed by atoms with Crippen LogP contribution in [0, 0.1) is 0 Å². The molecule has 1 atom stereocenters. The van der Waals surface area contributed by atoms with E-state index in [-0.39, 0.29) is 11.9 Å². The van der Waals surface area contributed by atoms with Gasteiger partial charge in [-0.25, -0.2) is 14.6 Å². The third kappa shape index (κ3) is 5.42. The largest absolute Gasteiger partial charge is 0.457 e. The lowest BCUT2D eigenvalue weighted by molar-refractivity contribution is -0.129. The highest BCUT2D eigenvalue weighted by Gasteiger charge is 2.30. The second-order valence-electron chi connectivity index (χ2n) is 10.7. The van der Waals surface area contributed by atoms with E-state index in [1.807, 2.05) is 64.2 Å². The Morgan fingerprint density at radius 1 is 0.950 bits per heavy atom. The summed E-state index contributed by atoms with van der Waals surface area (Å²) in [5.41, 5.74) is 9.32. The molecule has 2 fully saturated rings. The van der Waals surface area contributed by atoms with Crippen LogP contribution in [0.3, 0.4) is 0 Å². The molecule has 2 aliphatic heterocycles. The number of nitrogen functional groups attached to an aromatic ring is 1. The Balaban J connectivity index is 1.23. The van der Waals surface area contributed by atoms with Crippen molar-refractivity contribution < 1.29 is 9.53 Å². The Bertz CT molecular complexity index is 1490. The van der Waals surface area contributed by atoms with Gasteiger partial charge in [0.25, 0.3) is 5.91 Å². The van der Waals surface area contributed by atoms with E-state index in [0.717, 1.165) is 60.6 Å². The van der Waals surface area contributed by atoms with Crippen molar-refractivity contribution in [3.8, 4) is 22.8 Å². The first-order valence-electron chi connectivity index (χ1n) is 14.1. The fourth-order valence-corrected chi connectivity index (χ4v) is 5.78. The molecule has 1 unspecified atom stereocenters. The van der Waals surface area contributed by atoms with Crippen LogP contribution in [0.4, 0.5) is 5.82 Å². The molecule has 40 heavy (non-hydrogen) atoms. The molecule has 0 saturated carbocycles. The number of nitrogens with two attached hydrogens (primary N) is 1. The maximum absolute atomic E-state index is 13.4. The number of aromatic nitrogens is 4. The quantitative estimate of drug-likeness (QED) is 0.328. The van der Waals surface area contributed by atoms with E-state index in [1.165, 1.54) is 25.6 Å². The summed E-state index contributed by atoms with van der Waals surface area (Å²) >= 11 is 0. The van der Waals surface area contributed by atoms with Crippen LogP contribution in [0.2, 0.25) is 0 Å². The van der Waals surface area contributed by atoms with Crippen molar-refractivity contribution in [1.29, 1.82) is 0 Å². The van der Waals surface area contributed by atoms with Gasteiger partial charge in [0, 0.05) is 30.8 Å². The third-order valence-corrected chi connectivity index (χ3v) is 7.82. The number of rotatable bonds is 7. The number of piperidine rings is 2. The van der Waals surface area contributed by atoms with Gasteiger partial charge in [0.1, 0.15) is 29.3 Å². The fourth-order valence-electron chi connectivity index (χ4n) is 5.78. The van der Waals surface area contributed by atoms with Crippen LogP contribution in [-0.4, -0.2) is 68.2 Å². The third-order valence-electron chi connectivity index (χ3n) is 7.82. The second kappa shape index (κ2) is 11.5. The number of anilines is 1. The molecule has 4 heterocycles. The van der Waals surface area contributed by atoms with Gasteiger partial charge in [0.2, 0.25) is 0 Å². The van der Waals surface area contributed by atoms with Crippen LogP contribution in [0.1, 0.15) is 38.1 Å². The number of para-hydroxylation sites is 1. The van der Waals surface area contributed by atoms with Crippen molar-refractivity contribution in [1.82, 2.24) is 29.5 Å². The number of hydrogen-bond donors (Lipinski definition) is 1. The van der Waals surface area contributed by atoms with Gasteiger partial charge in [-0.05, 0) is 75.2 Å². The van der Waals surface area contributed by atoms with Crippen molar-refractivity contribution >= 4 is 22.8 Å². The van der Waals surface area contributed by atoms with Gasteiger partial charge in [-0.15, -0.1) is 0 Å². The number of carbonyl (C=O) groups excluding carboxylic acids is 1. The zero-order chi connectivity index (χ0) is 27.5. The number of ether oxygens (including phenoxy) is 1.